The Hall–Kier alpha value is -1.03. The van der Waals surface area contributed by atoms with E-state index in [4.69, 9.17) is 28.9 Å². The number of rotatable bonds is 2. The van der Waals surface area contributed by atoms with E-state index in [1.54, 1.807) is 29.2 Å². The van der Waals surface area contributed by atoms with E-state index in [-0.39, 0.29) is 11.9 Å². The monoisotopic (exact) mass is 284 g/mol. The molecular formula is C13H14Cl2N2O. The van der Waals surface area contributed by atoms with Crippen LogP contribution in [0.5, 0.6) is 0 Å². The fourth-order valence-corrected chi connectivity index (χ4v) is 2.44. The van der Waals surface area contributed by atoms with Crippen molar-refractivity contribution in [3.05, 3.63) is 39.9 Å². The molecule has 0 spiro atoms. The van der Waals surface area contributed by atoms with E-state index < -0.39 is 0 Å². The van der Waals surface area contributed by atoms with Gasteiger partial charge >= 0.3 is 0 Å². The number of nitrogens with two attached hydrogens (primary N) is 1. The lowest BCUT2D eigenvalue weighted by Crippen LogP contribution is -2.30. The van der Waals surface area contributed by atoms with Crippen LogP contribution >= 0.6 is 23.2 Å². The molecule has 1 unspecified atom stereocenters. The fraction of sp³-hybridized carbons (Fsp3) is 0.308. The van der Waals surface area contributed by atoms with Gasteiger partial charge in [-0.05, 0) is 24.6 Å². The van der Waals surface area contributed by atoms with Gasteiger partial charge in [0.2, 0.25) is 5.91 Å². The first-order chi connectivity index (χ1) is 8.58. The van der Waals surface area contributed by atoms with Crippen molar-refractivity contribution in [2.45, 2.75) is 12.5 Å². The molecule has 2 N–H and O–H groups in total. The minimum Gasteiger partial charge on any atom is -0.338 e. The van der Waals surface area contributed by atoms with E-state index >= 15 is 0 Å². The van der Waals surface area contributed by atoms with E-state index in [0.717, 1.165) is 6.42 Å². The van der Waals surface area contributed by atoms with E-state index in [2.05, 4.69) is 0 Å². The van der Waals surface area contributed by atoms with Gasteiger partial charge in [-0.25, -0.2) is 0 Å². The minimum atomic E-state index is -0.0565. The molecule has 5 heteroatoms. The van der Waals surface area contributed by atoms with Gasteiger partial charge in [0.25, 0.3) is 0 Å². The number of benzene rings is 1. The van der Waals surface area contributed by atoms with Gasteiger partial charge in [0.05, 0.1) is 0 Å². The summed E-state index contributed by atoms with van der Waals surface area (Å²) in [6.07, 6.45) is 3.99. The van der Waals surface area contributed by atoms with Crippen LogP contribution in [0.25, 0.3) is 6.08 Å². The molecule has 18 heavy (non-hydrogen) atoms. The molecule has 1 fully saturated rings. The van der Waals surface area contributed by atoms with Gasteiger partial charge in [0.1, 0.15) is 0 Å². The van der Waals surface area contributed by atoms with Crippen molar-refractivity contribution in [1.29, 1.82) is 0 Å². The zero-order valence-corrected chi connectivity index (χ0v) is 11.3. The summed E-state index contributed by atoms with van der Waals surface area (Å²) in [5, 5.41) is 1.06. The molecule has 1 amide bonds. The highest BCUT2D eigenvalue weighted by atomic mass is 35.5. The molecule has 1 heterocycles. The average Bonchev–Trinajstić information content (AvgIpc) is 2.75. The number of hydrogen-bond donors (Lipinski definition) is 1. The van der Waals surface area contributed by atoms with Gasteiger partial charge in [-0.1, -0.05) is 29.3 Å². The van der Waals surface area contributed by atoms with Crippen LogP contribution in [0.3, 0.4) is 0 Å². The smallest absolute Gasteiger partial charge is 0.246 e. The Morgan fingerprint density at radius 2 is 2.06 bits per heavy atom. The molecule has 0 bridgehead atoms. The first-order valence-corrected chi connectivity index (χ1v) is 6.50. The zero-order chi connectivity index (χ0) is 13.1. The van der Waals surface area contributed by atoms with Crippen molar-refractivity contribution < 1.29 is 4.79 Å². The number of amides is 1. The van der Waals surface area contributed by atoms with E-state index in [0.29, 0.717) is 28.7 Å². The minimum absolute atomic E-state index is 0.0565. The Bertz CT molecular complexity index is 468. The lowest BCUT2D eigenvalue weighted by Gasteiger charge is -2.12. The summed E-state index contributed by atoms with van der Waals surface area (Å²) >= 11 is 12.0. The fourth-order valence-electron chi connectivity index (χ4n) is 1.92. The number of carbonyl (C=O) groups is 1. The summed E-state index contributed by atoms with van der Waals surface area (Å²) in [7, 11) is 0. The van der Waals surface area contributed by atoms with Crippen molar-refractivity contribution in [3.8, 4) is 0 Å². The Morgan fingerprint density at radius 3 is 2.61 bits per heavy atom. The summed E-state index contributed by atoms with van der Waals surface area (Å²) in [4.78, 5) is 13.6. The second-order valence-electron chi connectivity index (χ2n) is 4.30. The van der Waals surface area contributed by atoms with E-state index in [9.17, 15) is 4.79 Å². The van der Waals surface area contributed by atoms with Crippen LogP contribution in [0.1, 0.15) is 12.0 Å². The molecule has 1 aliphatic heterocycles. The summed E-state index contributed by atoms with van der Waals surface area (Å²) in [6, 6.07) is 5.34. The summed E-state index contributed by atoms with van der Waals surface area (Å²) in [5.74, 6) is -0.0565. The lowest BCUT2D eigenvalue weighted by molar-refractivity contribution is -0.124. The lowest BCUT2D eigenvalue weighted by atomic mass is 10.2. The van der Waals surface area contributed by atoms with Gasteiger partial charge in [0, 0.05) is 40.8 Å². The van der Waals surface area contributed by atoms with Crippen molar-refractivity contribution in [3.63, 3.8) is 0 Å². The first-order valence-electron chi connectivity index (χ1n) is 5.74. The molecule has 3 nitrogen and oxygen atoms in total. The summed E-state index contributed by atoms with van der Waals surface area (Å²) in [5.41, 5.74) is 6.42. The predicted octanol–water partition coefficient (Wildman–Crippen LogP) is 2.57. The van der Waals surface area contributed by atoms with Gasteiger partial charge in [0.15, 0.2) is 0 Å². The SMILES string of the molecule is NC1CCN(C(=O)C=Cc2c(Cl)cccc2Cl)C1. The molecular weight excluding hydrogens is 271 g/mol. The Labute approximate surface area is 116 Å². The van der Waals surface area contributed by atoms with Gasteiger partial charge in [-0.15, -0.1) is 0 Å². The van der Waals surface area contributed by atoms with Crippen molar-refractivity contribution in [2.75, 3.05) is 13.1 Å². The van der Waals surface area contributed by atoms with Crippen molar-refractivity contribution in [1.82, 2.24) is 4.90 Å². The maximum absolute atomic E-state index is 11.9. The molecule has 1 aromatic rings. The number of likely N-dealkylation sites (tertiary alicyclic amines) is 1. The molecule has 0 aromatic heterocycles. The number of nitrogens with zero attached hydrogens (tertiary/aromatic N) is 1. The Balaban J connectivity index is 2.09. The molecule has 1 aliphatic rings. The second-order valence-corrected chi connectivity index (χ2v) is 5.12. The topological polar surface area (TPSA) is 46.3 Å². The van der Waals surface area contributed by atoms with Gasteiger partial charge in [-0.3, -0.25) is 4.79 Å². The molecule has 0 saturated carbocycles. The third kappa shape index (κ3) is 3.05. The molecule has 1 atom stereocenters. The molecule has 1 aromatic carbocycles. The molecule has 0 aliphatic carbocycles. The third-order valence-corrected chi connectivity index (χ3v) is 3.59. The van der Waals surface area contributed by atoms with E-state index in [1.165, 1.54) is 6.08 Å². The van der Waals surface area contributed by atoms with Crippen molar-refractivity contribution >= 4 is 35.2 Å². The Kier molecular flexibility index (Phi) is 4.27. The van der Waals surface area contributed by atoms with E-state index in [1.807, 2.05) is 0 Å². The largest absolute Gasteiger partial charge is 0.338 e. The van der Waals surface area contributed by atoms with Crippen LogP contribution in [0, 0.1) is 0 Å². The highest BCUT2D eigenvalue weighted by Gasteiger charge is 2.21. The van der Waals surface area contributed by atoms with Gasteiger partial charge < -0.3 is 10.6 Å². The van der Waals surface area contributed by atoms with Gasteiger partial charge in [-0.2, -0.15) is 0 Å². The molecule has 2 rings (SSSR count). The summed E-state index contributed by atoms with van der Waals surface area (Å²) in [6.45, 7) is 1.32. The quantitative estimate of drug-likeness (QED) is 0.849. The highest BCUT2D eigenvalue weighted by Crippen LogP contribution is 2.25. The maximum Gasteiger partial charge on any atom is 0.246 e. The number of halogens is 2. The average molecular weight is 285 g/mol. The molecule has 0 radical (unpaired) electrons. The number of hydrogen-bond acceptors (Lipinski definition) is 2. The first kappa shape index (κ1) is 13.4. The normalized spacial score (nSPS) is 19.7. The third-order valence-electron chi connectivity index (χ3n) is 2.93. The number of carbonyl (C=O) groups excluding carboxylic acids is 1. The van der Waals surface area contributed by atoms with Crippen molar-refractivity contribution in [2.24, 2.45) is 5.73 Å². The van der Waals surface area contributed by atoms with Crippen LogP contribution in [-0.2, 0) is 4.79 Å². The zero-order valence-electron chi connectivity index (χ0n) is 9.77. The summed E-state index contributed by atoms with van der Waals surface area (Å²) < 4.78 is 0. The van der Waals surface area contributed by atoms with Crippen LogP contribution in [0.2, 0.25) is 10.0 Å². The van der Waals surface area contributed by atoms with Crippen LogP contribution in [-0.4, -0.2) is 29.9 Å². The highest BCUT2D eigenvalue weighted by molar-refractivity contribution is 6.37. The van der Waals surface area contributed by atoms with Crippen LogP contribution < -0.4 is 5.73 Å². The molecule has 96 valence electrons. The second kappa shape index (κ2) is 5.74. The predicted molar refractivity (Wildman–Crippen MR) is 74.7 cm³/mol. The van der Waals surface area contributed by atoms with Crippen LogP contribution in [0.4, 0.5) is 0 Å². The van der Waals surface area contributed by atoms with Crippen LogP contribution in [0.15, 0.2) is 24.3 Å². The Morgan fingerprint density at radius 1 is 1.39 bits per heavy atom. The standard InChI is InChI=1S/C13H14Cl2N2O/c14-11-2-1-3-12(15)10(11)4-5-13(18)17-7-6-9(16)8-17/h1-5,9H,6-8,16H2. The maximum atomic E-state index is 11.9. The molecule has 1 saturated heterocycles.